The van der Waals surface area contributed by atoms with E-state index in [1.807, 2.05) is 0 Å². The Morgan fingerprint density at radius 1 is 1.47 bits per heavy atom. The Hall–Kier alpha value is -0.160. The Morgan fingerprint density at radius 2 is 2.18 bits per heavy atom. The number of nitrogens with one attached hydrogen (secondary N) is 1. The van der Waals surface area contributed by atoms with Crippen LogP contribution in [-0.4, -0.2) is 43.1 Å². The molecule has 0 amide bonds. The normalized spacial score (nSPS) is 27.4. The van der Waals surface area contributed by atoms with E-state index in [0.29, 0.717) is 18.5 Å². The maximum Gasteiger partial charge on any atom is 0.0638 e. The highest BCUT2D eigenvalue weighted by Crippen LogP contribution is 2.26. The largest absolute Gasteiger partial charge is 0.396 e. The van der Waals surface area contributed by atoms with E-state index in [4.69, 9.17) is 10.5 Å². The highest BCUT2D eigenvalue weighted by molar-refractivity contribution is 4.88. The molecule has 3 unspecified atom stereocenters. The molecule has 1 fully saturated rings. The molecule has 1 saturated carbocycles. The SMILES string of the molecule is COC(C)(C)CC(CN)NC1CCCC1CO. The Morgan fingerprint density at radius 3 is 2.71 bits per heavy atom. The van der Waals surface area contributed by atoms with E-state index in [-0.39, 0.29) is 18.2 Å². The lowest BCUT2D eigenvalue weighted by molar-refractivity contribution is 0.00611. The van der Waals surface area contributed by atoms with Crippen molar-refractivity contribution in [2.45, 2.75) is 57.2 Å². The summed E-state index contributed by atoms with van der Waals surface area (Å²) in [6.07, 6.45) is 4.37. The Bertz CT molecular complexity index is 221. The van der Waals surface area contributed by atoms with Gasteiger partial charge in [-0.05, 0) is 39.0 Å². The molecule has 1 aliphatic rings. The van der Waals surface area contributed by atoms with Gasteiger partial charge in [0.15, 0.2) is 0 Å². The third-order valence-electron chi connectivity index (χ3n) is 3.92. The van der Waals surface area contributed by atoms with Gasteiger partial charge >= 0.3 is 0 Å². The van der Waals surface area contributed by atoms with Crippen molar-refractivity contribution >= 4 is 0 Å². The lowest BCUT2D eigenvalue weighted by Gasteiger charge is -2.31. The number of methoxy groups -OCH3 is 1. The fourth-order valence-electron chi connectivity index (χ4n) is 2.66. The molecule has 0 aliphatic heterocycles. The lowest BCUT2D eigenvalue weighted by atomic mass is 9.96. The van der Waals surface area contributed by atoms with Crippen molar-refractivity contribution in [2.24, 2.45) is 11.7 Å². The van der Waals surface area contributed by atoms with Crippen molar-refractivity contribution in [3.05, 3.63) is 0 Å². The van der Waals surface area contributed by atoms with Crippen LogP contribution in [0.1, 0.15) is 39.5 Å². The average Bonchev–Trinajstić information content (AvgIpc) is 2.75. The van der Waals surface area contributed by atoms with Gasteiger partial charge in [-0.3, -0.25) is 0 Å². The zero-order valence-electron chi connectivity index (χ0n) is 11.4. The quantitative estimate of drug-likeness (QED) is 0.622. The third kappa shape index (κ3) is 4.54. The summed E-state index contributed by atoms with van der Waals surface area (Å²) in [6, 6.07) is 0.684. The highest BCUT2D eigenvalue weighted by Gasteiger charge is 2.30. The molecule has 3 atom stereocenters. The van der Waals surface area contributed by atoms with E-state index < -0.39 is 0 Å². The molecule has 4 heteroatoms. The van der Waals surface area contributed by atoms with Crippen LogP contribution >= 0.6 is 0 Å². The molecule has 17 heavy (non-hydrogen) atoms. The van der Waals surface area contributed by atoms with Crippen LogP contribution in [0.5, 0.6) is 0 Å². The van der Waals surface area contributed by atoms with Crippen LogP contribution in [0.2, 0.25) is 0 Å². The molecule has 4 nitrogen and oxygen atoms in total. The predicted molar refractivity (Wildman–Crippen MR) is 69.9 cm³/mol. The van der Waals surface area contributed by atoms with Crippen molar-refractivity contribution in [3.63, 3.8) is 0 Å². The molecule has 0 aromatic heterocycles. The van der Waals surface area contributed by atoms with E-state index in [1.165, 1.54) is 6.42 Å². The summed E-state index contributed by atoms with van der Waals surface area (Å²) < 4.78 is 5.44. The molecule has 0 aromatic rings. The maximum absolute atomic E-state index is 9.30. The molecular formula is C13H28N2O2. The van der Waals surface area contributed by atoms with Gasteiger partial charge in [0, 0.05) is 32.3 Å². The fourth-order valence-corrected chi connectivity index (χ4v) is 2.66. The summed E-state index contributed by atoms with van der Waals surface area (Å²) in [6.45, 7) is 5.05. The average molecular weight is 244 g/mol. The minimum atomic E-state index is -0.148. The van der Waals surface area contributed by atoms with E-state index in [9.17, 15) is 5.11 Å². The number of hydrogen-bond acceptors (Lipinski definition) is 4. The summed E-state index contributed by atoms with van der Waals surface area (Å²) in [5, 5.41) is 12.9. The van der Waals surface area contributed by atoms with Crippen LogP contribution in [0.3, 0.4) is 0 Å². The molecule has 102 valence electrons. The summed E-state index contributed by atoms with van der Waals surface area (Å²) >= 11 is 0. The minimum absolute atomic E-state index is 0.148. The van der Waals surface area contributed by atoms with E-state index in [0.717, 1.165) is 19.3 Å². The van der Waals surface area contributed by atoms with E-state index >= 15 is 0 Å². The second-order valence-electron chi connectivity index (χ2n) is 5.75. The van der Waals surface area contributed by atoms with Crippen molar-refractivity contribution in [3.8, 4) is 0 Å². The summed E-state index contributed by atoms with van der Waals surface area (Å²) in [7, 11) is 1.74. The fraction of sp³-hybridized carbons (Fsp3) is 1.00. The van der Waals surface area contributed by atoms with Crippen LogP contribution in [0, 0.1) is 5.92 Å². The zero-order valence-corrected chi connectivity index (χ0v) is 11.4. The van der Waals surface area contributed by atoms with Gasteiger partial charge in [0.1, 0.15) is 0 Å². The number of aliphatic hydroxyl groups excluding tert-OH is 1. The van der Waals surface area contributed by atoms with Gasteiger partial charge in [0.05, 0.1) is 5.60 Å². The second-order valence-corrected chi connectivity index (χ2v) is 5.75. The smallest absolute Gasteiger partial charge is 0.0638 e. The van der Waals surface area contributed by atoms with E-state index in [1.54, 1.807) is 7.11 Å². The first kappa shape index (κ1) is 14.9. The zero-order chi connectivity index (χ0) is 12.9. The van der Waals surface area contributed by atoms with Gasteiger partial charge in [-0.2, -0.15) is 0 Å². The molecule has 1 rings (SSSR count). The Kier molecular flexibility index (Phi) is 5.86. The minimum Gasteiger partial charge on any atom is -0.396 e. The van der Waals surface area contributed by atoms with Gasteiger partial charge in [-0.25, -0.2) is 0 Å². The van der Waals surface area contributed by atoms with Crippen LogP contribution in [-0.2, 0) is 4.74 Å². The molecule has 4 N–H and O–H groups in total. The van der Waals surface area contributed by atoms with Crippen LogP contribution in [0.25, 0.3) is 0 Å². The Balaban J connectivity index is 2.46. The van der Waals surface area contributed by atoms with Gasteiger partial charge < -0.3 is 20.9 Å². The number of aliphatic hydroxyl groups is 1. The van der Waals surface area contributed by atoms with Gasteiger partial charge in [-0.15, -0.1) is 0 Å². The standard InChI is InChI=1S/C13H28N2O2/c1-13(2,17-3)7-11(8-14)15-12-6-4-5-10(12)9-16/h10-12,15-16H,4-9,14H2,1-3H3. The third-order valence-corrected chi connectivity index (χ3v) is 3.92. The lowest BCUT2D eigenvalue weighted by Crippen LogP contribution is -2.48. The predicted octanol–water partition coefficient (Wildman–Crippen LogP) is 0.879. The molecule has 0 aromatic carbocycles. The van der Waals surface area contributed by atoms with Crippen molar-refractivity contribution in [1.29, 1.82) is 0 Å². The number of hydrogen-bond donors (Lipinski definition) is 3. The van der Waals surface area contributed by atoms with Gasteiger partial charge in [0.25, 0.3) is 0 Å². The van der Waals surface area contributed by atoms with Crippen LogP contribution in [0.4, 0.5) is 0 Å². The number of ether oxygens (including phenoxy) is 1. The van der Waals surface area contributed by atoms with Crippen molar-refractivity contribution in [1.82, 2.24) is 5.32 Å². The molecule has 0 bridgehead atoms. The molecular weight excluding hydrogens is 216 g/mol. The first-order valence-electron chi connectivity index (χ1n) is 6.64. The van der Waals surface area contributed by atoms with Gasteiger partial charge in [-0.1, -0.05) is 6.42 Å². The molecule has 0 radical (unpaired) electrons. The number of rotatable bonds is 7. The highest BCUT2D eigenvalue weighted by atomic mass is 16.5. The first-order chi connectivity index (χ1) is 8.02. The molecule has 0 heterocycles. The van der Waals surface area contributed by atoms with Crippen molar-refractivity contribution in [2.75, 3.05) is 20.3 Å². The van der Waals surface area contributed by atoms with Crippen molar-refractivity contribution < 1.29 is 9.84 Å². The summed E-state index contributed by atoms with van der Waals surface area (Å²) in [5.74, 6) is 0.398. The van der Waals surface area contributed by atoms with Gasteiger partial charge in [0.2, 0.25) is 0 Å². The maximum atomic E-state index is 9.30. The van der Waals surface area contributed by atoms with Crippen LogP contribution in [0.15, 0.2) is 0 Å². The summed E-state index contributed by atoms with van der Waals surface area (Å²) in [4.78, 5) is 0. The first-order valence-corrected chi connectivity index (χ1v) is 6.64. The second kappa shape index (κ2) is 6.69. The van der Waals surface area contributed by atoms with Crippen LogP contribution < -0.4 is 11.1 Å². The molecule has 0 saturated heterocycles. The summed E-state index contributed by atoms with van der Waals surface area (Å²) in [5.41, 5.74) is 5.67. The molecule has 1 aliphatic carbocycles. The number of nitrogens with two attached hydrogens (primary N) is 1. The monoisotopic (exact) mass is 244 g/mol. The molecule has 0 spiro atoms. The van der Waals surface area contributed by atoms with E-state index in [2.05, 4.69) is 19.2 Å². The topological polar surface area (TPSA) is 67.5 Å². The Labute approximate surface area is 105 Å².